The molecule has 176 valence electrons. The first kappa shape index (κ1) is 23.9. The second kappa shape index (κ2) is 8.86. The van der Waals surface area contributed by atoms with E-state index in [1.807, 2.05) is 6.07 Å². The molecule has 1 atom stereocenters. The van der Waals surface area contributed by atoms with Crippen LogP contribution in [0.15, 0.2) is 41.3 Å². The van der Waals surface area contributed by atoms with Crippen molar-refractivity contribution in [1.29, 1.82) is 0 Å². The van der Waals surface area contributed by atoms with Crippen molar-refractivity contribution in [1.82, 2.24) is 9.55 Å². The van der Waals surface area contributed by atoms with Crippen LogP contribution in [0.3, 0.4) is 0 Å². The predicted octanol–water partition coefficient (Wildman–Crippen LogP) is 4.99. The van der Waals surface area contributed by atoms with Gasteiger partial charge in [0.1, 0.15) is 28.5 Å². The molecule has 34 heavy (non-hydrogen) atoms. The molecule has 1 aliphatic carbocycles. The van der Waals surface area contributed by atoms with Crippen molar-refractivity contribution < 1.29 is 23.1 Å². The van der Waals surface area contributed by atoms with Gasteiger partial charge in [0.2, 0.25) is 5.43 Å². The van der Waals surface area contributed by atoms with Gasteiger partial charge < -0.3 is 10.8 Å². The molecule has 6 nitrogen and oxygen atoms in total. The smallest absolute Gasteiger partial charge is 0.341 e. The van der Waals surface area contributed by atoms with E-state index in [0.29, 0.717) is 10.9 Å². The topological polar surface area (TPSA) is 98.2 Å². The zero-order valence-corrected chi connectivity index (χ0v) is 19.0. The lowest BCUT2D eigenvalue weighted by Gasteiger charge is -2.17. The average molecular weight is 508 g/mol. The van der Waals surface area contributed by atoms with E-state index in [2.05, 4.69) is 4.98 Å². The minimum absolute atomic E-state index is 0. The maximum absolute atomic E-state index is 15.1. The Balaban J connectivity index is 0.00000274. The fraction of sp³-hybridized carbons (Fsp3) is 0.174. The number of carboxylic acids is 1. The van der Waals surface area contributed by atoms with Crippen LogP contribution in [-0.4, -0.2) is 20.6 Å². The van der Waals surface area contributed by atoms with Gasteiger partial charge in [-0.15, -0.1) is 23.7 Å². The summed E-state index contributed by atoms with van der Waals surface area (Å²) in [5.74, 6) is -4.22. The minimum atomic E-state index is -1.57. The average Bonchev–Trinajstić information content (AvgIpc) is 3.20. The number of rotatable bonds is 3. The number of benzene rings is 1. The van der Waals surface area contributed by atoms with Crippen molar-refractivity contribution in [2.24, 2.45) is 5.73 Å². The van der Waals surface area contributed by atoms with E-state index < -0.39 is 34.4 Å². The Morgan fingerprint density at radius 1 is 1.18 bits per heavy atom. The second-order valence-corrected chi connectivity index (χ2v) is 8.92. The lowest BCUT2D eigenvalue weighted by Crippen LogP contribution is -2.20. The van der Waals surface area contributed by atoms with Crippen LogP contribution in [0.2, 0.25) is 0 Å². The molecule has 0 bridgehead atoms. The third-order valence-corrected chi connectivity index (χ3v) is 7.02. The quantitative estimate of drug-likeness (QED) is 0.407. The number of halogens is 4. The normalized spacial score (nSPS) is 15.1. The van der Waals surface area contributed by atoms with E-state index in [1.54, 1.807) is 0 Å². The fourth-order valence-electron chi connectivity index (χ4n) is 4.12. The predicted molar refractivity (Wildman–Crippen MR) is 125 cm³/mol. The molecule has 0 saturated heterocycles. The summed E-state index contributed by atoms with van der Waals surface area (Å²) in [6.07, 6.45) is 3.46. The maximum atomic E-state index is 15.1. The minimum Gasteiger partial charge on any atom is -0.477 e. The van der Waals surface area contributed by atoms with Crippen molar-refractivity contribution >= 4 is 40.7 Å². The molecular weight excluding hydrogens is 491 g/mol. The number of pyridine rings is 2. The second-order valence-electron chi connectivity index (χ2n) is 7.83. The van der Waals surface area contributed by atoms with Crippen LogP contribution < -0.4 is 11.2 Å². The van der Waals surface area contributed by atoms with E-state index >= 15 is 4.39 Å². The summed E-state index contributed by atoms with van der Waals surface area (Å²) in [7, 11) is 0. The zero-order chi connectivity index (χ0) is 23.4. The van der Waals surface area contributed by atoms with Crippen molar-refractivity contribution in [2.45, 2.75) is 25.3 Å². The number of nitrogens with two attached hydrogens (primary N) is 1. The molecule has 11 heteroatoms. The molecule has 3 N–H and O–H groups in total. The number of aromatic carboxylic acids is 1. The van der Waals surface area contributed by atoms with Gasteiger partial charge in [-0.25, -0.2) is 22.9 Å². The fourth-order valence-corrected chi connectivity index (χ4v) is 5.36. The van der Waals surface area contributed by atoms with Crippen LogP contribution >= 0.6 is 23.7 Å². The highest BCUT2D eigenvalue weighted by Gasteiger charge is 2.25. The Morgan fingerprint density at radius 3 is 2.62 bits per heavy atom. The van der Waals surface area contributed by atoms with Crippen LogP contribution in [-0.2, 0) is 6.42 Å². The SMILES string of the molecule is Cl.NC1CCCc2cc(-c3nc4c(cc3F)c(=O)c(C(=O)O)cn4-c3ccc(F)cc3F)sc21. The highest BCUT2D eigenvalue weighted by molar-refractivity contribution is 7.15. The van der Waals surface area contributed by atoms with Gasteiger partial charge in [-0.3, -0.25) is 9.36 Å². The lowest BCUT2D eigenvalue weighted by molar-refractivity contribution is 0.0695. The molecule has 4 aromatic rings. The number of nitrogens with zero attached hydrogens (tertiary/aromatic N) is 2. The number of carboxylic acid groups (broad SMARTS) is 1. The van der Waals surface area contributed by atoms with Gasteiger partial charge in [-0.2, -0.15) is 0 Å². The van der Waals surface area contributed by atoms with E-state index in [0.717, 1.165) is 58.7 Å². The number of hydrogen-bond acceptors (Lipinski definition) is 5. The molecule has 0 saturated carbocycles. The van der Waals surface area contributed by atoms with Gasteiger partial charge in [-0.05, 0) is 49.1 Å². The molecule has 0 aliphatic heterocycles. The Morgan fingerprint density at radius 2 is 1.94 bits per heavy atom. The summed E-state index contributed by atoms with van der Waals surface area (Å²) in [6.45, 7) is 0. The van der Waals surface area contributed by atoms with Gasteiger partial charge in [0.05, 0.1) is 16.0 Å². The zero-order valence-electron chi connectivity index (χ0n) is 17.3. The van der Waals surface area contributed by atoms with Crippen LogP contribution in [0, 0.1) is 17.5 Å². The van der Waals surface area contributed by atoms with Gasteiger partial charge in [0, 0.05) is 23.2 Å². The van der Waals surface area contributed by atoms with E-state index in [-0.39, 0.29) is 40.9 Å². The molecule has 1 aliphatic rings. The van der Waals surface area contributed by atoms with Crippen molar-refractivity contribution in [2.75, 3.05) is 0 Å². The van der Waals surface area contributed by atoms with Gasteiger partial charge in [0.25, 0.3) is 0 Å². The number of hydrogen-bond donors (Lipinski definition) is 2. The third-order valence-electron chi connectivity index (χ3n) is 5.70. The number of thiophene rings is 1. The molecular formula is C23H17ClF3N3O3S. The molecule has 3 heterocycles. The van der Waals surface area contributed by atoms with Crippen LogP contribution in [0.25, 0.3) is 27.3 Å². The highest BCUT2D eigenvalue weighted by Crippen LogP contribution is 2.40. The van der Waals surface area contributed by atoms with Crippen molar-refractivity contribution in [3.8, 4) is 16.3 Å². The number of carbonyl (C=O) groups is 1. The van der Waals surface area contributed by atoms with Gasteiger partial charge >= 0.3 is 5.97 Å². The number of fused-ring (bicyclic) bond motifs is 2. The summed E-state index contributed by atoms with van der Waals surface area (Å²) in [6, 6.07) is 5.26. The molecule has 5 rings (SSSR count). The van der Waals surface area contributed by atoms with Crippen LogP contribution in [0.4, 0.5) is 13.2 Å². The summed E-state index contributed by atoms with van der Waals surface area (Å²) in [4.78, 5) is 30.1. The molecule has 3 aromatic heterocycles. The lowest BCUT2D eigenvalue weighted by atomic mass is 9.95. The van der Waals surface area contributed by atoms with Crippen LogP contribution in [0.5, 0.6) is 0 Å². The standard InChI is InChI=1S/C23H16F3N3O3S.ClH/c24-11-4-5-17(14(25)7-11)29-9-13(23(31)32)20(30)12-8-15(26)19(28-22(12)29)18-6-10-2-1-3-16(27)21(10)33-18;/h4-9,16H,1-3,27H2,(H,31,32);1H. The van der Waals surface area contributed by atoms with Gasteiger partial charge in [0.15, 0.2) is 5.82 Å². The molecule has 1 unspecified atom stereocenters. The first-order valence-electron chi connectivity index (χ1n) is 10.1. The van der Waals surface area contributed by atoms with E-state index in [1.165, 1.54) is 11.3 Å². The monoisotopic (exact) mass is 507 g/mol. The summed E-state index contributed by atoms with van der Waals surface area (Å²) < 4.78 is 44.2. The van der Waals surface area contributed by atoms with E-state index in [4.69, 9.17) is 5.73 Å². The Kier molecular flexibility index (Phi) is 6.24. The third kappa shape index (κ3) is 3.87. The Hall–Kier alpha value is -3.21. The molecule has 1 aromatic carbocycles. The summed E-state index contributed by atoms with van der Waals surface area (Å²) >= 11 is 1.31. The first-order valence-corrected chi connectivity index (χ1v) is 10.9. The van der Waals surface area contributed by atoms with E-state index in [9.17, 15) is 23.5 Å². The summed E-state index contributed by atoms with van der Waals surface area (Å²) in [5.41, 5.74) is 5.09. The molecule has 0 amide bonds. The van der Waals surface area contributed by atoms with Crippen LogP contribution in [0.1, 0.15) is 39.7 Å². The number of aromatic nitrogens is 2. The Bertz CT molecular complexity index is 1520. The molecule has 0 radical (unpaired) electrons. The largest absolute Gasteiger partial charge is 0.477 e. The highest BCUT2D eigenvalue weighted by atomic mass is 35.5. The Labute approximate surface area is 200 Å². The molecule has 0 spiro atoms. The first-order chi connectivity index (χ1) is 15.7. The van der Waals surface area contributed by atoms with Crippen molar-refractivity contribution in [3.05, 3.63) is 80.2 Å². The maximum Gasteiger partial charge on any atom is 0.341 e. The molecule has 0 fully saturated rings. The van der Waals surface area contributed by atoms with Crippen molar-refractivity contribution in [3.63, 3.8) is 0 Å². The summed E-state index contributed by atoms with van der Waals surface area (Å²) in [5, 5.41) is 9.10. The van der Waals surface area contributed by atoms with Gasteiger partial charge in [-0.1, -0.05) is 0 Å². The number of aryl methyl sites for hydroxylation is 1.